The number of hydrogen-bond acceptors (Lipinski definition) is 21. The van der Waals surface area contributed by atoms with Crippen molar-refractivity contribution in [1.82, 2.24) is 63.4 Å². The highest BCUT2D eigenvalue weighted by atomic mass is 32.1. The maximum absolute atomic E-state index is 15.0. The van der Waals surface area contributed by atoms with Crippen molar-refractivity contribution in [3.63, 3.8) is 0 Å². The Morgan fingerprint density at radius 2 is 0.991 bits per heavy atom. The number of aliphatic carboxylic acids is 2. The van der Waals surface area contributed by atoms with E-state index >= 15 is 0 Å². The lowest BCUT2D eigenvalue weighted by atomic mass is 10.0. The highest BCUT2D eigenvalue weighted by Gasteiger charge is 2.42. The Morgan fingerprint density at radius 1 is 0.542 bits per heavy atom. The minimum absolute atomic E-state index is 0.0267. The summed E-state index contributed by atoms with van der Waals surface area (Å²) in [5.41, 5.74) is 29.1. The van der Waals surface area contributed by atoms with Crippen LogP contribution in [0.4, 0.5) is 0 Å². The molecule has 1 aliphatic heterocycles. The molecule has 13 amide bonds. The Kier molecular flexibility index (Phi) is 37.5. The van der Waals surface area contributed by atoms with Crippen molar-refractivity contribution < 1.29 is 92.3 Å². The van der Waals surface area contributed by atoms with E-state index in [1.54, 1.807) is 74.5 Å². The lowest BCUT2D eigenvalue weighted by molar-refractivity contribution is -0.145. The lowest BCUT2D eigenvalue weighted by Gasteiger charge is -2.32. The molecular formula is C69H100N18O19S. The zero-order chi connectivity index (χ0) is 79.4. The van der Waals surface area contributed by atoms with Gasteiger partial charge in [0.2, 0.25) is 76.8 Å². The van der Waals surface area contributed by atoms with E-state index in [9.17, 15) is 92.3 Å². The van der Waals surface area contributed by atoms with E-state index in [0.717, 1.165) is 4.90 Å². The Labute approximate surface area is 622 Å². The van der Waals surface area contributed by atoms with Crippen LogP contribution in [0.2, 0.25) is 0 Å². The molecule has 12 atom stereocenters. The summed E-state index contributed by atoms with van der Waals surface area (Å²) in [6.07, 6.45) is -3.75. The number of hydrogen-bond donors (Lipinski definition) is 21. The number of thiol groups is 1. The largest absolute Gasteiger partial charge is 0.508 e. The molecule has 0 radical (unpaired) electrons. The standard InChI is InChI=1S/C69H100N18O19S/c1-37(2)56(68(105)106)85-61(98)45(18-10-11-27-70)81-64(101)50(33-52(72)90)84-66(103)51-20-13-29-87(51)67(104)57(38(3)88)86-65(102)49(32-41-21-23-42(89)24-22-41)83-63(100)48(31-40-16-8-5-9-17-40)82-62(99)47(30-39-14-6-4-7-15-39)79-54(92)35-77-59(96)44(19-12-28-75-69(73)74)80-60(97)46(25-26-55(93)94)78-53(91)34-76-58(95)43(71)36-107/h4-9,14-17,21-24,37-38,43-51,56-57,88-89,107H,10-13,18-20,25-36,70-71H2,1-3H3,(H2,72,90)(H,76,95)(H,77,96)(H,78,91)(H,79,92)(H,80,97)(H,81,101)(H,82,99)(H,83,100)(H,84,103)(H,85,98)(H,86,102)(H,93,94)(H,105,106)(H4,73,74,75)/t38-,43+,44+,45+,46+,47+,48+,49+,50+,51+,56+,57+/m1/s1. The van der Waals surface area contributed by atoms with Crippen LogP contribution in [-0.2, 0) is 91.2 Å². The van der Waals surface area contributed by atoms with E-state index < -0.39 is 200 Å². The summed E-state index contributed by atoms with van der Waals surface area (Å²) >= 11 is 3.94. The predicted octanol–water partition coefficient (Wildman–Crippen LogP) is -5.69. The molecule has 0 saturated carbocycles. The maximum atomic E-state index is 15.0. The molecule has 38 heteroatoms. The van der Waals surface area contributed by atoms with Gasteiger partial charge in [0.25, 0.3) is 0 Å². The molecule has 25 N–H and O–H groups in total. The number of nitrogens with one attached hydrogen (secondary N) is 11. The van der Waals surface area contributed by atoms with Crippen LogP contribution in [0.5, 0.6) is 5.75 Å². The summed E-state index contributed by atoms with van der Waals surface area (Å²) in [4.78, 5) is 209. The fraction of sp³-hybridized carbons (Fsp3) is 0.507. The van der Waals surface area contributed by atoms with E-state index in [0.29, 0.717) is 29.5 Å². The lowest BCUT2D eigenvalue weighted by Crippen LogP contribution is -2.62. The summed E-state index contributed by atoms with van der Waals surface area (Å²) in [7, 11) is 0. The molecule has 0 aromatic heterocycles. The van der Waals surface area contributed by atoms with Gasteiger partial charge in [-0.1, -0.05) is 86.6 Å². The Morgan fingerprint density at radius 3 is 1.49 bits per heavy atom. The van der Waals surface area contributed by atoms with Crippen molar-refractivity contribution in [2.24, 2.45) is 39.6 Å². The summed E-state index contributed by atoms with van der Waals surface area (Å²) in [5.74, 6) is -16.4. The second-order valence-corrected chi connectivity index (χ2v) is 26.2. The molecule has 0 unspecified atom stereocenters. The van der Waals surface area contributed by atoms with Gasteiger partial charge in [0.15, 0.2) is 5.96 Å². The van der Waals surface area contributed by atoms with Gasteiger partial charge in [0.05, 0.1) is 31.7 Å². The molecule has 0 bridgehead atoms. The number of phenolic OH excluding ortho intramolecular Hbond substituents is 1. The zero-order valence-electron chi connectivity index (χ0n) is 59.7. The maximum Gasteiger partial charge on any atom is 0.326 e. The van der Waals surface area contributed by atoms with Crippen LogP contribution >= 0.6 is 12.6 Å². The van der Waals surface area contributed by atoms with Crippen LogP contribution in [0.1, 0.15) is 102 Å². The number of nitrogens with two attached hydrogens (primary N) is 5. The number of primary amides is 1. The van der Waals surface area contributed by atoms with Gasteiger partial charge in [0, 0.05) is 44.5 Å². The smallest absolute Gasteiger partial charge is 0.326 e. The first-order chi connectivity index (χ1) is 50.7. The third-order valence-electron chi connectivity index (χ3n) is 16.8. The average Bonchev–Trinajstić information content (AvgIpc) is 1.76. The zero-order valence-corrected chi connectivity index (χ0v) is 60.6. The second kappa shape index (κ2) is 45.4. The van der Waals surface area contributed by atoms with Crippen molar-refractivity contribution in [3.05, 3.63) is 102 Å². The van der Waals surface area contributed by atoms with Gasteiger partial charge in [-0.3, -0.25) is 72.1 Å². The van der Waals surface area contributed by atoms with Crippen LogP contribution in [0.15, 0.2) is 89.9 Å². The van der Waals surface area contributed by atoms with Crippen molar-refractivity contribution in [2.75, 3.05) is 38.5 Å². The third kappa shape index (κ3) is 31.3. The number of carbonyl (C=O) groups excluding carboxylic acids is 13. The minimum Gasteiger partial charge on any atom is -0.508 e. The van der Waals surface area contributed by atoms with Crippen molar-refractivity contribution >= 4 is 107 Å². The highest BCUT2D eigenvalue weighted by Crippen LogP contribution is 2.21. The van der Waals surface area contributed by atoms with Crippen LogP contribution in [0.3, 0.4) is 0 Å². The van der Waals surface area contributed by atoms with Gasteiger partial charge >= 0.3 is 11.9 Å². The highest BCUT2D eigenvalue weighted by molar-refractivity contribution is 7.80. The first-order valence-corrected chi connectivity index (χ1v) is 35.3. The van der Waals surface area contributed by atoms with Gasteiger partial charge in [-0.2, -0.15) is 12.6 Å². The fourth-order valence-corrected chi connectivity index (χ4v) is 11.3. The average molecular weight is 1520 g/mol. The number of aliphatic imine (C=N–C) groups is 1. The van der Waals surface area contributed by atoms with E-state index in [1.165, 1.54) is 31.2 Å². The molecule has 0 aliphatic carbocycles. The Balaban J connectivity index is 1.63. The van der Waals surface area contributed by atoms with Gasteiger partial charge in [-0.15, -0.1) is 0 Å². The number of aliphatic hydroxyl groups excluding tert-OH is 1. The van der Waals surface area contributed by atoms with Gasteiger partial charge in [0.1, 0.15) is 66.2 Å². The molecule has 1 saturated heterocycles. The van der Waals surface area contributed by atoms with Crippen LogP contribution < -0.4 is 87.2 Å². The number of phenols is 1. The number of nitrogens with zero attached hydrogens (tertiary/aromatic N) is 2. The van der Waals surface area contributed by atoms with E-state index in [1.807, 2.05) is 0 Å². The van der Waals surface area contributed by atoms with Gasteiger partial charge in [-0.25, -0.2) is 4.79 Å². The number of amides is 13. The normalized spacial score (nSPS) is 15.5. The minimum atomic E-state index is -1.85. The first-order valence-electron chi connectivity index (χ1n) is 34.7. The molecule has 0 spiro atoms. The molecular weight excluding hydrogens is 1420 g/mol. The summed E-state index contributed by atoms with van der Waals surface area (Å²) in [5, 5.41) is 67.9. The number of aliphatic hydroxyl groups is 1. The second-order valence-electron chi connectivity index (χ2n) is 25.8. The Bertz CT molecular complexity index is 3570. The monoisotopic (exact) mass is 1520 g/mol. The van der Waals surface area contributed by atoms with Crippen LogP contribution in [0.25, 0.3) is 0 Å². The van der Waals surface area contributed by atoms with E-state index in [-0.39, 0.29) is 88.5 Å². The molecule has 4 rings (SSSR count). The van der Waals surface area contributed by atoms with Crippen LogP contribution in [-0.4, -0.2) is 231 Å². The van der Waals surface area contributed by atoms with E-state index in [4.69, 9.17) is 28.7 Å². The number of carbonyl (C=O) groups is 15. The Hall–Kier alpha value is -11.0. The summed E-state index contributed by atoms with van der Waals surface area (Å²) < 4.78 is 0. The molecule has 586 valence electrons. The summed E-state index contributed by atoms with van der Waals surface area (Å²) in [6, 6.07) is 5.41. The first kappa shape index (κ1) is 88.4. The number of unbranched alkanes of at least 4 members (excludes halogenated alkanes) is 1. The molecule has 37 nitrogen and oxygen atoms in total. The molecule has 3 aromatic carbocycles. The molecule has 1 heterocycles. The number of carboxylic acids is 2. The van der Waals surface area contributed by atoms with Gasteiger partial charge < -0.3 is 112 Å². The molecule has 107 heavy (non-hydrogen) atoms. The number of likely N-dealkylation sites (tertiary alicyclic amines) is 1. The third-order valence-corrected chi connectivity index (χ3v) is 17.2. The van der Waals surface area contributed by atoms with E-state index in [2.05, 4.69) is 76.1 Å². The number of rotatable bonds is 46. The number of carboxylic acid groups (broad SMARTS) is 2. The molecule has 1 fully saturated rings. The number of aromatic hydroxyl groups is 1. The van der Waals surface area contributed by atoms with Crippen molar-refractivity contribution in [2.45, 2.75) is 177 Å². The topological polar surface area (TPSA) is 615 Å². The fourth-order valence-electron chi connectivity index (χ4n) is 11.1. The van der Waals surface area contributed by atoms with Crippen molar-refractivity contribution in [3.8, 4) is 5.75 Å². The number of benzene rings is 3. The van der Waals surface area contributed by atoms with Crippen molar-refractivity contribution in [1.29, 1.82) is 0 Å². The SMILES string of the molecule is CC(C)[C@H](NC(=O)[C@H](CCCCN)NC(=O)[C@H](CC(N)=O)NC(=O)[C@@H]1CCCN1C(=O)[C@@H](NC(=O)[C@H](Cc1ccc(O)cc1)NC(=O)[C@H](Cc1ccccc1)NC(=O)[C@H](Cc1ccccc1)NC(=O)CNC(=O)[C@H](CCCN=C(N)N)NC(=O)[C@H](CCC(=O)O)NC(=O)CNC(=O)[C@@H](N)CS)[C@@H](C)O)C(=O)O. The predicted molar refractivity (Wildman–Crippen MR) is 390 cm³/mol. The molecule has 1 aliphatic rings. The van der Waals surface area contributed by atoms with Crippen LogP contribution in [0, 0.1) is 5.92 Å². The van der Waals surface area contributed by atoms with Gasteiger partial charge in [-0.05, 0) is 99.6 Å². The number of guanidine groups is 1. The summed E-state index contributed by atoms with van der Waals surface area (Å²) in [6.45, 7) is 2.81. The quantitative estimate of drug-likeness (QED) is 0.0108. The molecule has 3 aromatic rings.